The molecule has 0 aromatic rings. The Balaban J connectivity index is 6.04. The molecule has 0 rings (SSSR count). The number of ether oxygens (including phenoxy) is 2. The number of hydrogen-bond donors (Lipinski definition) is 10. The van der Waals surface area contributed by atoms with Crippen molar-refractivity contribution in [3.05, 3.63) is 0 Å². The molecule has 0 aromatic carbocycles. The van der Waals surface area contributed by atoms with Crippen molar-refractivity contribution >= 4 is 71.0 Å². The molecule has 0 heterocycles. The third-order valence-corrected chi connectivity index (χ3v) is 17.2. The SMILES string of the molecule is CCCCCCCCCCCCCCCC(=O)N[C@@H](CSC[C@H](COC(=O)CCCCCCCCCCCCCCC)OC(=O)CCCCCCCCCCCCCCC)C(=O)N[C@@H](CC(N)=O)C(=O)N[C@@H](CO)C(=O)NCC(=O)NCC(=O)N[C@@H](CO)C(=O)O. The number of carboxylic acid groups (broad SMARTS) is 1. The Bertz CT molecular complexity index is 1950. The summed E-state index contributed by atoms with van der Waals surface area (Å²) < 4.78 is 11.6. The van der Waals surface area contributed by atoms with Gasteiger partial charge in [-0.3, -0.25) is 43.2 Å². The first-order valence-electron chi connectivity index (χ1n) is 35.4. The Hall–Kier alpha value is -5.03. The predicted octanol–water partition coefficient (Wildman–Crippen LogP) is 9.73. The Morgan fingerprint density at radius 3 is 1.15 bits per heavy atom. The molecule has 0 bridgehead atoms. The first-order chi connectivity index (χ1) is 44.0. The summed E-state index contributed by atoms with van der Waals surface area (Å²) in [6.07, 6.45) is 43.3. The molecule has 528 valence electrons. The van der Waals surface area contributed by atoms with Crippen molar-refractivity contribution in [2.75, 3.05) is 44.4 Å². The molecule has 11 N–H and O–H groups in total. The molecular weight excluding hydrogens is 1190 g/mol. The number of amides is 7. The zero-order valence-corrected chi connectivity index (χ0v) is 57.3. The van der Waals surface area contributed by atoms with Crippen LogP contribution in [0.3, 0.4) is 0 Å². The van der Waals surface area contributed by atoms with Crippen LogP contribution in [0.4, 0.5) is 0 Å². The van der Waals surface area contributed by atoms with Crippen LogP contribution in [0.2, 0.25) is 0 Å². The molecule has 0 aliphatic heterocycles. The average molecular weight is 1310 g/mol. The summed E-state index contributed by atoms with van der Waals surface area (Å²) in [5, 5.41) is 42.0. The maximum atomic E-state index is 14.2. The normalized spacial score (nSPS) is 12.8. The number of esters is 2. The molecule has 0 aliphatic rings. The number of carbonyl (C=O) groups excluding carboxylic acids is 9. The van der Waals surface area contributed by atoms with Gasteiger partial charge in [-0.1, -0.05) is 252 Å². The lowest BCUT2D eigenvalue weighted by molar-refractivity contribution is -0.157. The van der Waals surface area contributed by atoms with E-state index in [4.69, 9.17) is 25.4 Å². The summed E-state index contributed by atoms with van der Waals surface area (Å²) in [7, 11) is 0. The number of carbonyl (C=O) groups is 10. The Morgan fingerprint density at radius 1 is 0.385 bits per heavy atom. The topological polar surface area (TPSA) is 348 Å². The van der Waals surface area contributed by atoms with Crippen LogP contribution >= 0.6 is 11.8 Å². The summed E-state index contributed by atoms with van der Waals surface area (Å²) in [5.74, 6) is -8.86. The van der Waals surface area contributed by atoms with Crippen molar-refractivity contribution in [3.8, 4) is 0 Å². The molecule has 0 saturated carbocycles. The molecule has 0 saturated heterocycles. The third kappa shape index (κ3) is 53.1. The van der Waals surface area contributed by atoms with Crippen LogP contribution in [-0.2, 0) is 57.4 Å². The van der Waals surface area contributed by atoms with Gasteiger partial charge in [-0.25, -0.2) is 4.79 Å². The monoisotopic (exact) mass is 1310 g/mol. The fourth-order valence-electron chi connectivity index (χ4n) is 10.4. The van der Waals surface area contributed by atoms with Crippen LogP contribution in [-0.4, -0.2) is 149 Å². The van der Waals surface area contributed by atoms with Crippen molar-refractivity contribution in [2.24, 2.45) is 5.73 Å². The second-order valence-electron chi connectivity index (χ2n) is 24.5. The number of primary amides is 1. The van der Waals surface area contributed by atoms with E-state index in [1.54, 1.807) is 0 Å². The molecule has 91 heavy (non-hydrogen) atoms. The van der Waals surface area contributed by atoms with Gasteiger partial charge < -0.3 is 62.4 Å². The minimum absolute atomic E-state index is 0.0630. The molecule has 0 spiro atoms. The molecular formula is C68H125N7O15S. The number of thioether (sulfide) groups is 1. The second kappa shape index (κ2) is 61.2. The fourth-order valence-corrected chi connectivity index (χ4v) is 11.4. The summed E-state index contributed by atoms with van der Waals surface area (Å²) in [6, 6.07) is -6.38. The van der Waals surface area contributed by atoms with Gasteiger partial charge in [0.2, 0.25) is 41.4 Å². The van der Waals surface area contributed by atoms with E-state index in [1.807, 2.05) is 5.32 Å². The minimum Gasteiger partial charge on any atom is -0.480 e. The molecule has 0 radical (unpaired) electrons. The van der Waals surface area contributed by atoms with Gasteiger partial charge in [-0.2, -0.15) is 11.8 Å². The van der Waals surface area contributed by atoms with Gasteiger partial charge in [0, 0.05) is 30.8 Å². The van der Waals surface area contributed by atoms with Crippen molar-refractivity contribution in [1.29, 1.82) is 0 Å². The predicted molar refractivity (Wildman–Crippen MR) is 358 cm³/mol. The van der Waals surface area contributed by atoms with Crippen molar-refractivity contribution < 1.29 is 72.7 Å². The van der Waals surface area contributed by atoms with Crippen LogP contribution in [0.5, 0.6) is 0 Å². The van der Waals surface area contributed by atoms with Gasteiger partial charge in [0.15, 0.2) is 0 Å². The highest BCUT2D eigenvalue weighted by Gasteiger charge is 2.32. The maximum absolute atomic E-state index is 14.2. The number of hydrogen-bond acceptors (Lipinski definition) is 15. The lowest BCUT2D eigenvalue weighted by Crippen LogP contribution is -2.59. The number of nitrogens with two attached hydrogens (primary N) is 1. The average Bonchev–Trinajstić information content (AvgIpc) is 2.47. The van der Waals surface area contributed by atoms with Gasteiger partial charge in [0.05, 0.1) is 32.7 Å². The van der Waals surface area contributed by atoms with E-state index in [0.29, 0.717) is 19.3 Å². The van der Waals surface area contributed by atoms with Crippen LogP contribution in [0.25, 0.3) is 0 Å². The van der Waals surface area contributed by atoms with Crippen molar-refractivity contribution in [2.45, 2.75) is 327 Å². The second-order valence-corrected chi connectivity index (χ2v) is 25.6. The van der Waals surface area contributed by atoms with Crippen molar-refractivity contribution in [3.63, 3.8) is 0 Å². The smallest absolute Gasteiger partial charge is 0.328 e. The number of unbranched alkanes of at least 4 members (excludes halogenated alkanes) is 36. The van der Waals surface area contributed by atoms with E-state index in [1.165, 1.54) is 161 Å². The first kappa shape index (κ1) is 86.0. The summed E-state index contributed by atoms with van der Waals surface area (Å²) >= 11 is 1.14. The van der Waals surface area contributed by atoms with E-state index >= 15 is 0 Å². The van der Waals surface area contributed by atoms with E-state index < -0.39 is 122 Å². The molecule has 5 atom stereocenters. The lowest BCUT2D eigenvalue weighted by atomic mass is 10.0. The molecule has 0 fully saturated rings. The Kier molecular flexibility index (Phi) is 57.8. The number of rotatable bonds is 65. The highest BCUT2D eigenvalue weighted by Crippen LogP contribution is 2.18. The fraction of sp³-hybridized carbons (Fsp3) is 0.853. The number of aliphatic hydroxyl groups excluding tert-OH is 2. The number of aliphatic hydroxyl groups is 2. The van der Waals surface area contributed by atoms with Crippen LogP contribution < -0.4 is 37.6 Å². The zero-order chi connectivity index (χ0) is 67.4. The largest absolute Gasteiger partial charge is 0.480 e. The van der Waals surface area contributed by atoms with Crippen LogP contribution in [0.1, 0.15) is 297 Å². The number of nitrogens with one attached hydrogen (secondary N) is 6. The number of carboxylic acids is 1. The quantitative estimate of drug-likeness (QED) is 0.0200. The van der Waals surface area contributed by atoms with Gasteiger partial charge in [0.1, 0.15) is 36.9 Å². The summed E-state index contributed by atoms with van der Waals surface area (Å²) in [6.45, 7) is 3.06. The van der Waals surface area contributed by atoms with E-state index in [2.05, 4.69) is 47.4 Å². The standard InChI is InChI=1S/C68H125N7O15S/c1-4-7-10-13-16-19-22-25-28-31-34-37-40-43-60(79)73-58(67(86)74-55(46-59(69)78)66(85)75-56(49-76)65(84)71-47-61(80)70-48-62(81)72-57(50-77)68(87)88)53-91-52-54(90-64(83)45-42-39-36-33-30-27-24-21-18-15-12-9-6-3)51-89-63(82)44-41-38-35-32-29-26-23-20-17-14-11-8-5-2/h54-58,76-77H,4-53H2,1-3H3,(H2,69,78)(H,70,80)(H,71,84)(H,72,81)(H,73,79)(H,74,86)(H,75,85)(H,87,88)/t54-,55-,56-,57-,58-/m0/s1. The highest BCUT2D eigenvalue weighted by molar-refractivity contribution is 7.99. The molecule has 0 aromatic heterocycles. The van der Waals surface area contributed by atoms with Gasteiger partial charge in [-0.05, 0) is 19.3 Å². The molecule has 22 nitrogen and oxygen atoms in total. The van der Waals surface area contributed by atoms with Crippen molar-refractivity contribution in [1.82, 2.24) is 31.9 Å². The highest BCUT2D eigenvalue weighted by atomic mass is 32.2. The first-order valence-corrected chi connectivity index (χ1v) is 36.6. The Morgan fingerprint density at radius 2 is 0.747 bits per heavy atom. The van der Waals surface area contributed by atoms with Crippen LogP contribution in [0.15, 0.2) is 0 Å². The minimum atomic E-state index is -1.73. The molecule has 0 aliphatic carbocycles. The summed E-state index contributed by atoms with van der Waals surface area (Å²) in [4.78, 5) is 129. The van der Waals surface area contributed by atoms with E-state index in [-0.39, 0.29) is 37.4 Å². The van der Waals surface area contributed by atoms with E-state index in [0.717, 1.165) is 82.4 Å². The molecule has 23 heteroatoms. The lowest BCUT2D eigenvalue weighted by Gasteiger charge is -2.25. The number of aliphatic carboxylic acids is 1. The van der Waals surface area contributed by atoms with Gasteiger partial charge >= 0.3 is 17.9 Å². The molecule has 7 amide bonds. The maximum Gasteiger partial charge on any atom is 0.328 e. The summed E-state index contributed by atoms with van der Waals surface area (Å²) in [5.41, 5.74) is 5.51. The Labute approximate surface area is 550 Å². The van der Waals surface area contributed by atoms with Gasteiger partial charge in [-0.15, -0.1) is 0 Å². The van der Waals surface area contributed by atoms with Crippen LogP contribution in [0, 0.1) is 0 Å². The van der Waals surface area contributed by atoms with Gasteiger partial charge in [0.25, 0.3) is 0 Å². The molecule has 0 unspecified atom stereocenters. The van der Waals surface area contributed by atoms with E-state index in [9.17, 15) is 53.1 Å². The third-order valence-electron chi connectivity index (χ3n) is 16.0. The zero-order valence-electron chi connectivity index (χ0n) is 56.5.